The van der Waals surface area contributed by atoms with Crippen LogP contribution in [0.5, 0.6) is 0 Å². The lowest BCUT2D eigenvalue weighted by molar-refractivity contribution is -0.120. The van der Waals surface area contributed by atoms with Crippen molar-refractivity contribution >= 4 is 45.8 Å². The summed E-state index contributed by atoms with van der Waals surface area (Å²) >= 11 is 6.10. The van der Waals surface area contributed by atoms with E-state index in [0.717, 1.165) is 35.1 Å². The van der Waals surface area contributed by atoms with Crippen LogP contribution in [0.2, 0.25) is 5.02 Å². The van der Waals surface area contributed by atoms with E-state index in [-0.39, 0.29) is 17.2 Å². The number of imidazole rings is 1. The Balaban J connectivity index is 1.32. The zero-order valence-corrected chi connectivity index (χ0v) is 18.2. The Bertz CT molecular complexity index is 1340. The highest BCUT2D eigenvalue weighted by Gasteiger charge is 2.44. The fourth-order valence-electron chi connectivity index (χ4n) is 3.48. The summed E-state index contributed by atoms with van der Waals surface area (Å²) in [5.41, 5.74) is 4.15. The molecule has 0 bridgehead atoms. The Morgan fingerprint density at radius 1 is 0.969 bits per heavy atom. The van der Waals surface area contributed by atoms with Crippen molar-refractivity contribution in [1.82, 2.24) is 9.97 Å². The van der Waals surface area contributed by atoms with E-state index in [1.165, 1.54) is 0 Å². The maximum atomic E-state index is 12.4. The van der Waals surface area contributed by atoms with E-state index in [1.54, 1.807) is 24.3 Å². The van der Waals surface area contributed by atoms with Crippen LogP contribution in [0.1, 0.15) is 30.1 Å². The molecular weight excluding hydrogens is 424 g/mol. The van der Waals surface area contributed by atoms with E-state index in [4.69, 9.17) is 11.6 Å². The second kappa shape index (κ2) is 7.80. The highest BCUT2D eigenvalue weighted by Crippen LogP contribution is 2.45. The van der Waals surface area contributed by atoms with E-state index in [1.807, 2.05) is 49.4 Å². The third-order valence-corrected chi connectivity index (χ3v) is 6.15. The zero-order valence-electron chi connectivity index (χ0n) is 17.4. The monoisotopic (exact) mass is 444 g/mol. The lowest BCUT2D eigenvalue weighted by atomic mass is 10.1. The molecule has 32 heavy (non-hydrogen) atoms. The number of nitrogens with one attached hydrogen (secondary N) is 3. The number of benzene rings is 3. The van der Waals surface area contributed by atoms with Gasteiger partial charge in [0.1, 0.15) is 5.82 Å². The van der Waals surface area contributed by atoms with E-state index in [2.05, 4.69) is 20.6 Å². The van der Waals surface area contributed by atoms with E-state index >= 15 is 0 Å². The highest BCUT2D eigenvalue weighted by molar-refractivity contribution is 6.34. The van der Waals surface area contributed by atoms with Gasteiger partial charge in [0.25, 0.3) is 5.91 Å². The molecule has 3 N–H and O–H groups in total. The van der Waals surface area contributed by atoms with Crippen LogP contribution in [-0.4, -0.2) is 21.8 Å². The minimum atomic E-state index is -0.262. The molecule has 4 aromatic rings. The highest BCUT2D eigenvalue weighted by atomic mass is 35.5. The molecule has 0 spiro atoms. The first-order valence-electron chi connectivity index (χ1n) is 10.4. The van der Waals surface area contributed by atoms with Gasteiger partial charge in [-0.05, 0) is 67.4 Å². The lowest BCUT2D eigenvalue weighted by Gasteiger charge is -2.09. The smallest absolute Gasteiger partial charge is 0.257 e. The number of aromatic nitrogens is 2. The summed E-state index contributed by atoms with van der Waals surface area (Å²) in [5, 5.41) is 6.25. The van der Waals surface area contributed by atoms with Crippen molar-refractivity contribution in [2.75, 3.05) is 10.6 Å². The van der Waals surface area contributed by atoms with Gasteiger partial charge in [-0.1, -0.05) is 30.7 Å². The average Bonchev–Trinajstić information content (AvgIpc) is 3.40. The number of carbonyl (C=O) groups excluding carboxylic acids is 2. The number of H-pyrrole nitrogens is 1. The van der Waals surface area contributed by atoms with Crippen LogP contribution in [-0.2, 0) is 4.79 Å². The lowest BCUT2D eigenvalue weighted by Crippen LogP contribution is -2.21. The van der Waals surface area contributed by atoms with Crippen LogP contribution in [0.3, 0.4) is 0 Å². The first-order chi connectivity index (χ1) is 15.4. The van der Waals surface area contributed by atoms with E-state index < -0.39 is 0 Å². The number of anilines is 2. The maximum Gasteiger partial charge on any atom is 0.257 e. The third kappa shape index (κ3) is 3.97. The molecule has 0 radical (unpaired) electrons. The van der Waals surface area contributed by atoms with Crippen molar-refractivity contribution in [3.05, 3.63) is 77.3 Å². The molecule has 1 saturated carbocycles. The molecule has 3 aromatic carbocycles. The standard InChI is InChI=1S/C25H21ClN4O2/c1-25(12-13-25)24(32)28-17-10-11-20-21(14-17)30-22(29-20)15-6-8-16(9-7-15)27-23(31)18-4-2-3-5-19(18)26/h2-11,14H,12-13H2,1H3,(H,27,31)(H,28,32)(H,29,30). The van der Waals surface area contributed by atoms with Crippen molar-refractivity contribution < 1.29 is 9.59 Å². The number of carbonyl (C=O) groups is 2. The van der Waals surface area contributed by atoms with Crippen molar-refractivity contribution in [3.63, 3.8) is 0 Å². The molecule has 6 nitrogen and oxygen atoms in total. The van der Waals surface area contributed by atoms with E-state index in [9.17, 15) is 9.59 Å². The topological polar surface area (TPSA) is 86.9 Å². The number of fused-ring (bicyclic) bond motifs is 1. The summed E-state index contributed by atoms with van der Waals surface area (Å²) < 4.78 is 0. The molecule has 0 unspecified atom stereocenters. The second-order valence-electron chi connectivity index (χ2n) is 8.34. The number of hydrogen-bond donors (Lipinski definition) is 3. The number of nitrogens with zero attached hydrogens (tertiary/aromatic N) is 1. The Morgan fingerprint density at radius 3 is 2.41 bits per heavy atom. The Hall–Kier alpha value is -3.64. The molecule has 1 aliphatic rings. The van der Waals surface area contributed by atoms with Gasteiger partial charge in [0.05, 0.1) is 21.6 Å². The Labute approximate surface area is 190 Å². The summed E-state index contributed by atoms with van der Waals surface area (Å²) in [6.07, 6.45) is 1.87. The first-order valence-corrected chi connectivity index (χ1v) is 10.8. The van der Waals surface area contributed by atoms with Gasteiger partial charge >= 0.3 is 0 Å². The summed E-state index contributed by atoms with van der Waals surface area (Å²) in [4.78, 5) is 32.7. The van der Waals surface area contributed by atoms with Gasteiger partial charge in [-0.3, -0.25) is 9.59 Å². The molecule has 0 saturated heterocycles. The Kier molecular flexibility index (Phi) is 4.94. The van der Waals surface area contributed by atoms with Crippen molar-refractivity contribution in [2.24, 2.45) is 5.41 Å². The first kappa shape index (κ1) is 20.3. The molecule has 5 rings (SSSR count). The number of hydrogen-bond acceptors (Lipinski definition) is 3. The molecule has 1 aromatic heterocycles. The fourth-order valence-corrected chi connectivity index (χ4v) is 3.70. The second-order valence-corrected chi connectivity index (χ2v) is 8.75. The van der Waals surface area contributed by atoms with Crippen LogP contribution in [0.4, 0.5) is 11.4 Å². The predicted molar refractivity (Wildman–Crippen MR) is 127 cm³/mol. The van der Waals surface area contributed by atoms with Crippen LogP contribution in [0, 0.1) is 5.41 Å². The minimum absolute atomic E-state index is 0.0611. The van der Waals surface area contributed by atoms with Crippen molar-refractivity contribution in [2.45, 2.75) is 19.8 Å². The number of halogens is 1. The van der Waals surface area contributed by atoms with Crippen LogP contribution < -0.4 is 10.6 Å². The van der Waals surface area contributed by atoms with Crippen molar-refractivity contribution in [3.8, 4) is 11.4 Å². The summed E-state index contributed by atoms with van der Waals surface area (Å²) in [7, 11) is 0. The number of amides is 2. The maximum absolute atomic E-state index is 12.4. The largest absolute Gasteiger partial charge is 0.338 e. The van der Waals surface area contributed by atoms with Gasteiger partial charge in [0, 0.05) is 22.4 Å². The van der Waals surface area contributed by atoms with Gasteiger partial charge in [0.15, 0.2) is 0 Å². The molecule has 0 atom stereocenters. The molecule has 2 amide bonds. The summed E-state index contributed by atoms with van der Waals surface area (Å²) in [5.74, 6) is 0.509. The number of aromatic amines is 1. The van der Waals surface area contributed by atoms with Gasteiger partial charge in [0.2, 0.25) is 5.91 Å². The van der Waals surface area contributed by atoms with Gasteiger partial charge in [-0.2, -0.15) is 0 Å². The molecule has 7 heteroatoms. The molecule has 1 heterocycles. The quantitative estimate of drug-likeness (QED) is 0.359. The Morgan fingerprint density at radius 2 is 1.69 bits per heavy atom. The molecule has 1 aliphatic carbocycles. The summed E-state index contributed by atoms with van der Waals surface area (Å²) in [6, 6.07) is 20.0. The average molecular weight is 445 g/mol. The third-order valence-electron chi connectivity index (χ3n) is 5.82. The molecule has 160 valence electrons. The predicted octanol–water partition coefficient (Wildman–Crippen LogP) is 5.87. The summed E-state index contributed by atoms with van der Waals surface area (Å²) in [6.45, 7) is 1.98. The SMILES string of the molecule is CC1(C(=O)Nc2ccc3nc(-c4ccc(NC(=O)c5ccccc5Cl)cc4)[nH]c3c2)CC1. The van der Waals surface area contributed by atoms with E-state index in [0.29, 0.717) is 22.1 Å². The zero-order chi connectivity index (χ0) is 22.3. The van der Waals surface area contributed by atoms with Crippen LogP contribution in [0.25, 0.3) is 22.4 Å². The van der Waals surface area contributed by atoms with Crippen LogP contribution >= 0.6 is 11.6 Å². The van der Waals surface area contributed by atoms with Gasteiger partial charge in [-0.15, -0.1) is 0 Å². The normalized spacial score (nSPS) is 14.2. The van der Waals surface area contributed by atoms with Gasteiger partial charge in [-0.25, -0.2) is 4.98 Å². The van der Waals surface area contributed by atoms with Crippen LogP contribution in [0.15, 0.2) is 66.7 Å². The fraction of sp³-hybridized carbons (Fsp3) is 0.160. The number of rotatable bonds is 5. The molecule has 0 aliphatic heterocycles. The van der Waals surface area contributed by atoms with Crippen molar-refractivity contribution in [1.29, 1.82) is 0 Å². The molecule has 1 fully saturated rings. The molecular formula is C25H21ClN4O2. The van der Waals surface area contributed by atoms with Gasteiger partial charge < -0.3 is 15.6 Å². The minimum Gasteiger partial charge on any atom is -0.338 e.